The number of nitrogens with one attached hydrogen (secondary N) is 2. The molecule has 2 aromatic carbocycles. The number of carbonyl (C=O) groups excluding carboxylic acids is 3. The fraction of sp³-hybridized carbons (Fsp3) is 0.423. The number of hydrogen-bond acceptors (Lipinski definition) is 10. The van der Waals surface area contributed by atoms with Crippen LogP contribution in [-0.4, -0.2) is 113 Å². The molecule has 206 valence electrons. The number of carbonyl (C=O) groups is 3. The summed E-state index contributed by atoms with van der Waals surface area (Å²) in [5.41, 5.74) is -4.13. The second kappa shape index (κ2) is 11.4. The molecule has 5 N–H and O–H groups in total. The fourth-order valence-electron chi connectivity index (χ4n) is 5.01. The molecule has 4 rings (SSSR count). The molecule has 8 radical (unpaired) electrons. The molecule has 11 nitrogen and oxygen atoms in total. The van der Waals surface area contributed by atoms with Crippen molar-refractivity contribution in [3.05, 3.63) is 64.7 Å². The SMILES string of the molecule is [B]C([B])(Nc1cccc(C=O)c1C([B])(O)N(C)C1([B])CCC(=O)NC1=O)c1ccc(C(O)(O)N2CCOCC2)cc1. The van der Waals surface area contributed by atoms with Crippen LogP contribution in [0.5, 0.6) is 0 Å². The number of ether oxygens (including phenoxy) is 1. The van der Waals surface area contributed by atoms with Crippen molar-refractivity contribution in [2.75, 3.05) is 38.7 Å². The van der Waals surface area contributed by atoms with E-state index in [9.17, 15) is 29.7 Å². The highest BCUT2D eigenvalue weighted by atomic mass is 16.5. The number of aldehydes is 1. The minimum absolute atomic E-state index is 0.0448. The van der Waals surface area contributed by atoms with Gasteiger partial charge in [0, 0.05) is 41.9 Å². The van der Waals surface area contributed by atoms with Crippen LogP contribution in [0.4, 0.5) is 5.69 Å². The fourth-order valence-corrected chi connectivity index (χ4v) is 5.01. The van der Waals surface area contributed by atoms with Gasteiger partial charge >= 0.3 is 0 Å². The molecule has 15 heteroatoms. The molecule has 2 aliphatic heterocycles. The maximum Gasteiger partial charge on any atom is 0.253 e. The molecule has 0 aliphatic carbocycles. The Morgan fingerprint density at radius 2 is 1.66 bits per heavy atom. The lowest BCUT2D eigenvalue weighted by Crippen LogP contribution is -2.67. The van der Waals surface area contributed by atoms with E-state index in [2.05, 4.69) is 10.6 Å². The van der Waals surface area contributed by atoms with Crippen molar-refractivity contribution < 1.29 is 34.4 Å². The maximum absolute atomic E-state index is 12.7. The van der Waals surface area contributed by atoms with Crippen LogP contribution < -0.4 is 10.6 Å². The Morgan fingerprint density at radius 1 is 1.05 bits per heavy atom. The Balaban J connectivity index is 1.65. The molecule has 2 unspecified atom stereocenters. The van der Waals surface area contributed by atoms with E-state index in [0.717, 1.165) is 4.90 Å². The van der Waals surface area contributed by atoms with Crippen molar-refractivity contribution in [3.63, 3.8) is 0 Å². The Labute approximate surface area is 243 Å². The monoisotopic (exact) mass is 552 g/mol. The molecular weight excluding hydrogens is 524 g/mol. The molecule has 2 saturated heterocycles. The van der Waals surface area contributed by atoms with Gasteiger partial charge in [-0.2, -0.15) is 0 Å². The number of hydrogen-bond donors (Lipinski definition) is 5. The van der Waals surface area contributed by atoms with Gasteiger partial charge in [-0.25, -0.2) is 4.90 Å². The number of rotatable bonds is 9. The number of aliphatic hydroxyl groups is 3. The van der Waals surface area contributed by atoms with Gasteiger partial charge in [0.15, 0.2) is 6.29 Å². The zero-order valence-corrected chi connectivity index (χ0v) is 22.5. The third-order valence-corrected chi connectivity index (χ3v) is 7.62. The summed E-state index contributed by atoms with van der Waals surface area (Å²) in [6.07, 6.45) is 0.213. The van der Waals surface area contributed by atoms with Gasteiger partial charge in [0.25, 0.3) is 5.91 Å². The molecule has 0 spiro atoms. The smallest absolute Gasteiger partial charge is 0.253 e. The van der Waals surface area contributed by atoms with E-state index in [1.165, 1.54) is 54.4 Å². The van der Waals surface area contributed by atoms with Crippen molar-refractivity contribution >= 4 is 55.2 Å². The van der Waals surface area contributed by atoms with Gasteiger partial charge in [0.05, 0.1) is 40.0 Å². The number of piperidine rings is 1. The predicted octanol–water partition coefficient (Wildman–Crippen LogP) is -2.01. The average molecular weight is 552 g/mol. The van der Waals surface area contributed by atoms with Crippen LogP contribution >= 0.6 is 0 Å². The van der Waals surface area contributed by atoms with Crippen LogP contribution in [0.3, 0.4) is 0 Å². The lowest BCUT2D eigenvalue weighted by Gasteiger charge is -2.49. The first-order valence-corrected chi connectivity index (χ1v) is 12.9. The number of morpholine rings is 1. The van der Waals surface area contributed by atoms with Crippen LogP contribution in [0.1, 0.15) is 39.9 Å². The zero-order chi connectivity index (χ0) is 30.2. The first-order chi connectivity index (χ1) is 19.1. The Kier molecular flexibility index (Phi) is 8.62. The second-order valence-corrected chi connectivity index (χ2v) is 10.3. The van der Waals surface area contributed by atoms with E-state index in [4.69, 9.17) is 36.1 Å². The highest BCUT2D eigenvalue weighted by Gasteiger charge is 2.48. The number of nitrogens with zero attached hydrogens (tertiary/aromatic N) is 2. The largest absolute Gasteiger partial charge is 0.392 e. The summed E-state index contributed by atoms with van der Waals surface area (Å²) in [7, 11) is 26.8. The summed E-state index contributed by atoms with van der Waals surface area (Å²) in [6.45, 7) is 1.36. The Bertz CT molecular complexity index is 1320. The summed E-state index contributed by atoms with van der Waals surface area (Å²) in [6, 6.07) is 10.3. The molecule has 0 aromatic heterocycles. The zero-order valence-electron chi connectivity index (χ0n) is 22.5. The van der Waals surface area contributed by atoms with E-state index in [-0.39, 0.29) is 35.2 Å². The lowest BCUT2D eigenvalue weighted by molar-refractivity contribution is -0.286. The van der Waals surface area contributed by atoms with Gasteiger partial charge in [-0.05, 0) is 30.4 Å². The standard InChI is InChI=1S/C26H28B4N4O7/c1-33(23(27)10-9-20(36)31-22(23)37)25(30,38)21-16(15-35)3-2-4-19(21)32-24(28,29)17-5-7-18(8-6-17)26(39,40)34-11-13-41-14-12-34/h2-8,15,32,38-40H,9-14H2,1H3,(H,31,36,37). The molecule has 2 amide bonds. The van der Waals surface area contributed by atoms with Crippen LogP contribution in [0, 0.1) is 0 Å². The normalized spacial score (nSPS) is 22.2. The summed E-state index contributed by atoms with van der Waals surface area (Å²) in [4.78, 5) is 38.8. The van der Waals surface area contributed by atoms with Gasteiger partial charge in [-0.1, -0.05) is 36.4 Å². The van der Waals surface area contributed by atoms with E-state index in [1.807, 2.05) is 0 Å². The molecular formula is C26H28B4N4O7. The third-order valence-electron chi connectivity index (χ3n) is 7.62. The Hall–Kier alpha value is -2.93. The predicted molar refractivity (Wildman–Crippen MR) is 152 cm³/mol. The van der Waals surface area contributed by atoms with Crippen LogP contribution in [-0.2, 0) is 31.2 Å². The summed E-state index contributed by atoms with van der Waals surface area (Å²) in [5.74, 6) is -3.64. The maximum atomic E-state index is 12.7. The lowest BCUT2D eigenvalue weighted by atomic mass is 9.57. The number of amides is 2. The molecule has 0 saturated carbocycles. The van der Waals surface area contributed by atoms with Gasteiger partial charge in [0.2, 0.25) is 11.8 Å². The molecule has 2 atom stereocenters. The van der Waals surface area contributed by atoms with E-state index in [1.54, 1.807) is 0 Å². The minimum atomic E-state index is -2.53. The average Bonchev–Trinajstić information content (AvgIpc) is 2.95. The molecule has 41 heavy (non-hydrogen) atoms. The highest BCUT2D eigenvalue weighted by molar-refractivity contribution is 6.41. The first-order valence-electron chi connectivity index (χ1n) is 12.9. The molecule has 2 fully saturated rings. The van der Waals surface area contributed by atoms with E-state index < -0.39 is 34.1 Å². The number of benzene rings is 2. The van der Waals surface area contributed by atoms with Crippen LogP contribution in [0.2, 0.25) is 0 Å². The van der Waals surface area contributed by atoms with E-state index in [0.29, 0.717) is 38.2 Å². The highest BCUT2D eigenvalue weighted by Crippen LogP contribution is 2.38. The number of likely N-dealkylation sites (N-methyl/N-ethyl adjacent to an activating group) is 1. The van der Waals surface area contributed by atoms with Crippen LogP contribution in [0.25, 0.3) is 0 Å². The van der Waals surface area contributed by atoms with Crippen molar-refractivity contribution in [2.24, 2.45) is 0 Å². The molecule has 2 heterocycles. The molecule has 2 aromatic rings. The van der Waals surface area contributed by atoms with Gasteiger partial charge in [-0.3, -0.25) is 24.6 Å². The number of anilines is 1. The van der Waals surface area contributed by atoms with E-state index >= 15 is 0 Å². The van der Waals surface area contributed by atoms with Gasteiger partial charge in [0.1, 0.15) is 15.7 Å². The molecule has 0 bridgehead atoms. The van der Waals surface area contributed by atoms with Crippen LogP contribution in [0.15, 0.2) is 42.5 Å². The Morgan fingerprint density at radius 3 is 2.24 bits per heavy atom. The summed E-state index contributed by atoms with van der Waals surface area (Å²) < 4.78 is 5.27. The second-order valence-electron chi connectivity index (χ2n) is 10.3. The van der Waals surface area contributed by atoms with Crippen molar-refractivity contribution in [2.45, 2.75) is 35.2 Å². The third kappa shape index (κ3) is 5.88. The molecule has 2 aliphatic rings. The van der Waals surface area contributed by atoms with Crippen molar-refractivity contribution in [3.8, 4) is 0 Å². The van der Waals surface area contributed by atoms with Gasteiger partial charge in [-0.15, -0.1) is 0 Å². The van der Waals surface area contributed by atoms with Crippen molar-refractivity contribution in [1.29, 1.82) is 0 Å². The topological polar surface area (TPSA) is 152 Å². The minimum Gasteiger partial charge on any atom is -0.392 e. The van der Waals surface area contributed by atoms with Gasteiger partial charge < -0.3 is 25.4 Å². The quantitative estimate of drug-likeness (QED) is 0.102. The summed E-state index contributed by atoms with van der Waals surface area (Å²) >= 11 is 0. The first kappa shape index (κ1) is 31.0. The van der Waals surface area contributed by atoms with Crippen molar-refractivity contribution in [1.82, 2.24) is 15.1 Å². The number of imide groups is 1. The summed E-state index contributed by atoms with van der Waals surface area (Å²) in [5, 5.41) is 36.3.